The number of hydrogen-bond donors (Lipinski definition) is 1. The van der Waals surface area contributed by atoms with E-state index in [0.717, 1.165) is 0 Å². The summed E-state index contributed by atoms with van der Waals surface area (Å²) in [5, 5.41) is 0.0680. The van der Waals surface area contributed by atoms with Gasteiger partial charge in [-0.15, -0.1) is 0 Å². The highest BCUT2D eigenvalue weighted by Crippen LogP contribution is 2.17. The number of aromatic nitrogens is 1. The van der Waals surface area contributed by atoms with Crippen molar-refractivity contribution < 1.29 is 9.53 Å². The number of nitrogens with zero attached hydrogens (tertiary/aromatic N) is 1. The van der Waals surface area contributed by atoms with E-state index in [1.54, 1.807) is 6.07 Å². The molecule has 1 aromatic heterocycles. The third-order valence-corrected chi connectivity index (χ3v) is 1.67. The summed E-state index contributed by atoms with van der Waals surface area (Å²) in [5.41, 5.74) is 5.23. The van der Waals surface area contributed by atoms with Crippen molar-refractivity contribution in [1.29, 1.82) is 0 Å². The fourth-order valence-electron chi connectivity index (χ4n) is 0.830. The molecule has 13 heavy (non-hydrogen) atoms. The van der Waals surface area contributed by atoms with Crippen LogP contribution in [0.4, 0.5) is 0 Å². The Labute approximate surface area is 80.7 Å². The molecule has 5 heteroatoms. The second kappa shape index (κ2) is 4.09. The van der Waals surface area contributed by atoms with Crippen LogP contribution in [-0.2, 0) is 0 Å². The molecule has 1 heterocycles. The average Bonchev–Trinajstić information content (AvgIpc) is 2.04. The lowest BCUT2D eigenvalue weighted by Gasteiger charge is -2.03. The van der Waals surface area contributed by atoms with Gasteiger partial charge in [0.1, 0.15) is 5.15 Å². The predicted molar refractivity (Wildman–Crippen MR) is 48.9 cm³/mol. The van der Waals surface area contributed by atoms with Gasteiger partial charge in [0.2, 0.25) is 5.88 Å². The van der Waals surface area contributed by atoms with Gasteiger partial charge in [0.05, 0.1) is 12.2 Å². The van der Waals surface area contributed by atoms with Gasteiger partial charge in [0.15, 0.2) is 0 Å². The van der Waals surface area contributed by atoms with E-state index in [1.165, 1.54) is 6.07 Å². The summed E-state index contributed by atoms with van der Waals surface area (Å²) in [6, 6.07) is 3.04. The molecule has 1 rings (SSSR count). The summed E-state index contributed by atoms with van der Waals surface area (Å²) in [7, 11) is 0. The Morgan fingerprint density at radius 2 is 2.38 bits per heavy atom. The van der Waals surface area contributed by atoms with Crippen molar-refractivity contribution in [3.8, 4) is 5.88 Å². The molecule has 0 bridgehead atoms. The number of nitrogens with two attached hydrogens (primary N) is 1. The molecule has 1 amide bonds. The third-order valence-electron chi connectivity index (χ3n) is 1.38. The highest BCUT2D eigenvalue weighted by molar-refractivity contribution is 6.32. The molecule has 2 N–H and O–H groups in total. The van der Waals surface area contributed by atoms with E-state index in [4.69, 9.17) is 22.1 Å². The van der Waals surface area contributed by atoms with Crippen LogP contribution in [-0.4, -0.2) is 17.5 Å². The summed E-state index contributed by atoms with van der Waals surface area (Å²) >= 11 is 5.67. The number of ether oxygens (including phenoxy) is 1. The largest absolute Gasteiger partial charge is 0.478 e. The first kappa shape index (κ1) is 9.80. The van der Waals surface area contributed by atoms with Gasteiger partial charge in [-0.2, -0.15) is 0 Å². The zero-order chi connectivity index (χ0) is 9.84. The van der Waals surface area contributed by atoms with Crippen molar-refractivity contribution in [2.75, 3.05) is 6.61 Å². The van der Waals surface area contributed by atoms with E-state index in [9.17, 15) is 4.79 Å². The number of halogens is 1. The topological polar surface area (TPSA) is 65.2 Å². The molecule has 0 aliphatic carbocycles. The van der Waals surface area contributed by atoms with Gasteiger partial charge in [-0.1, -0.05) is 11.6 Å². The molecular weight excluding hydrogens is 192 g/mol. The first-order valence-corrected chi connectivity index (χ1v) is 4.12. The van der Waals surface area contributed by atoms with Crippen molar-refractivity contribution in [1.82, 2.24) is 4.98 Å². The van der Waals surface area contributed by atoms with Crippen LogP contribution < -0.4 is 10.5 Å². The lowest BCUT2D eigenvalue weighted by molar-refractivity contribution is 0.1000. The molecule has 0 spiro atoms. The van der Waals surface area contributed by atoms with Crippen LogP contribution in [0.3, 0.4) is 0 Å². The summed E-state index contributed by atoms with van der Waals surface area (Å²) < 4.78 is 5.07. The van der Waals surface area contributed by atoms with E-state index in [2.05, 4.69) is 4.98 Å². The molecule has 0 radical (unpaired) electrons. The highest BCUT2D eigenvalue weighted by atomic mass is 35.5. The molecule has 0 saturated heterocycles. The summed E-state index contributed by atoms with van der Waals surface area (Å²) in [4.78, 5) is 14.6. The summed E-state index contributed by atoms with van der Waals surface area (Å²) in [6.45, 7) is 2.33. The van der Waals surface area contributed by atoms with Crippen molar-refractivity contribution in [3.63, 3.8) is 0 Å². The van der Waals surface area contributed by atoms with E-state index in [1.807, 2.05) is 6.92 Å². The maximum Gasteiger partial charge on any atom is 0.251 e. The molecule has 0 aliphatic rings. The lowest BCUT2D eigenvalue weighted by atomic mass is 10.3. The number of hydrogen-bond acceptors (Lipinski definition) is 3. The van der Waals surface area contributed by atoms with Crippen molar-refractivity contribution >= 4 is 17.5 Å². The minimum absolute atomic E-state index is 0.0680. The molecule has 0 aliphatic heterocycles. The number of primary amides is 1. The molecule has 0 unspecified atom stereocenters. The Morgan fingerprint density at radius 3 is 2.85 bits per heavy atom. The van der Waals surface area contributed by atoms with Crippen LogP contribution in [0.25, 0.3) is 0 Å². The van der Waals surface area contributed by atoms with Gasteiger partial charge >= 0.3 is 0 Å². The second-order valence-electron chi connectivity index (χ2n) is 2.29. The number of pyridine rings is 1. The van der Waals surface area contributed by atoms with Crippen molar-refractivity contribution in [2.24, 2.45) is 5.73 Å². The first-order chi connectivity index (χ1) is 6.15. The number of carbonyl (C=O) groups excluding carboxylic acids is 1. The van der Waals surface area contributed by atoms with Crippen LogP contribution in [0, 0.1) is 0 Å². The molecule has 1 aromatic rings. The third kappa shape index (κ3) is 2.32. The van der Waals surface area contributed by atoms with Gasteiger partial charge < -0.3 is 10.5 Å². The Kier molecular flexibility index (Phi) is 3.08. The van der Waals surface area contributed by atoms with E-state index >= 15 is 0 Å². The van der Waals surface area contributed by atoms with Crippen LogP contribution in [0.15, 0.2) is 12.1 Å². The molecule has 0 aromatic carbocycles. The highest BCUT2D eigenvalue weighted by Gasteiger charge is 2.08. The second-order valence-corrected chi connectivity index (χ2v) is 2.64. The van der Waals surface area contributed by atoms with Gasteiger partial charge in [0, 0.05) is 6.07 Å². The fourth-order valence-corrected chi connectivity index (χ4v) is 1.07. The Morgan fingerprint density at radius 1 is 1.69 bits per heavy atom. The Balaban J connectivity index is 2.98. The number of rotatable bonds is 3. The maximum absolute atomic E-state index is 10.7. The zero-order valence-electron chi connectivity index (χ0n) is 7.08. The minimum atomic E-state index is -0.597. The lowest BCUT2D eigenvalue weighted by Crippen LogP contribution is -2.12. The summed E-state index contributed by atoms with van der Waals surface area (Å²) in [6.07, 6.45) is 0. The van der Waals surface area contributed by atoms with Crippen molar-refractivity contribution in [2.45, 2.75) is 6.92 Å². The minimum Gasteiger partial charge on any atom is -0.478 e. The van der Waals surface area contributed by atoms with Gasteiger partial charge in [-0.05, 0) is 13.0 Å². The van der Waals surface area contributed by atoms with Crippen LogP contribution in [0.1, 0.15) is 17.3 Å². The number of amides is 1. The smallest absolute Gasteiger partial charge is 0.251 e. The fraction of sp³-hybridized carbons (Fsp3) is 0.250. The molecular formula is C8H9ClN2O2. The monoisotopic (exact) mass is 200 g/mol. The van der Waals surface area contributed by atoms with E-state index < -0.39 is 5.91 Å². The zero-order valence-corrected chi connectivity index (χ0v) is 7.84. The maximum atomic E-state index is 10.7. The first-order valence-electron chi connectivity index (χ1n) is 3.74. The predicted octanol–water partition coefficient (Wildman–Crippen LogP) is 1.23. The van der Waals surface area contributed by atoms with Gasteiger partial charge in [0.25, 0.3) is 5.91 Å². The van der Waals surface area contributed by atoms with E-state index in [-0.39, 0.29) is 10.7 Å². The Hall–Kier alpha value is -1.29. The van der Waals surface area contributed by atoms with Gasteiger partial charge in [-0.25, -0.2) is 4.98 Å². The number of carbonyl (C=O) groups is 1. The van der Waals surface area contributed by atoms with E-state index in [0.29, 0.717) is 12.5 Å². The van der Waals surface area contributed by atoms with Crippen LogP contribution >= 0.6 is 11.6 Å². The quantitative estimate of drug-likeness (QED) is 0.747. The standard InChI is InChI=1S/C8H9ClN2O2/c1-2-13-6-4-3-5(8(10)12)7(9)11-6/h3-4H,2H2,1H3,(H2,10,12). The normalized spacial score (nSPS) is 9.69. The SMILES string of the molecule is CCOc1ccc(C(N)=O)c(Cl)n1. The van der Waals surface area contributed by atoms with Crippen molar-refractivity contribution in [3.05, 3.63) is 22.8 Å². The Bertz CT molecular complexity index is 328. The molecule has 0 atom stereocenters. The van der Waals surface area contributed by atoms with Crippen LogP contribution in [0.2, 0.25) is 5.15 Å². The van der Waals surface area contributed by atoms with Crippen LogP contribution in [0.5, 0.6) is 5.88 Å². The molecule has 4 nitrogen and oxygen atoms in total. The van der Waals surface area contributed by atoms with Gasteiger partial charge in [-0.3, -0.25) is 4.79 Å². The average molecular weight is 201 g/mol. The molecule has 0 fully saturated rings. The molecule has 0 saturated carbocycles. The summed E-state index contributed by atoms with van der Waals surface area (Å²) in [5.74, 6) is -0.210. The molecule has 70 valence electrons.